The van der Waals surface area contributed by atoms with E-state index in [1.807, 2.05) is 0 Å². The van der Waals surface area contributed by atoms with Gasteiger partial charge in [0.2, 0.25) is 0 Å². The SMILES string of the molecule is N=C(CCC(=O)O)c1ccc(C(F)(F)F)cc1NCc1cc(Cl)cc(Cl)c1. The van der Waals surface area contributed by atoms with Gasteiger partial charge in [-0.1, -0.05) is 29.3 Å². The van der Waals surface area contributed by atoms with Gasteiger partial charge in [0.05, 0.1) is 12.0 Å². The van der Waals surface area contributed by atoms with E-state index in [-0.39, 0.29) is 36.3 Å². The number of aliphatic carboxylic acids is 1. The number of benzene rings is 2. The molecule has 4 nitrogen and oxygen atoms in total. The monoisotopic (exact) mass is 418 g/mol. The van der Waals surface area contributed by atoms with Gasteiger partial charge in [0.25, 0.3) is 0 Å². The van der Waals surface area contributed by atoms with Crippen LogP contribution in [0, 0.1) is 5.41 Å². The van der Waals surface area contributed by atoms with Crippen molar-refractivity contribution in [3.8, 4) is 0 Å². The highest BCUT2D eigenvalue weighted by atomic mass is 35.5. The lowest BCUT2D eigenvalue weighted by Gasteiger charge is -2.16. The number of halogens is 5. The van der Waals surface area contributed by atoms with Gasteiger partial charge in [0.1, 0.15) is 0 Å². The number of carboxylic acids is 1. The summed E-state index contributed by atoms with van der Waals surface area (Å²) < 4.78 is 39.1. The van der Waals surface area contributed by atoms with Gasteiger partial charge < -0.3 is 15.8 Å². The van der Waals surface area contributed by atoms with Gasteiger partial charge in [0.15, 0.2) is 0 Å². The minimum atomic E-state index is -4.54. The normalized spacial score (nSPS) is 11.3. The highest BCUT2D eigenvalue weighted by Gasteiger charge is 2.31. The van der Waals surface area contributed by atoms with E-state index in [4.69, 9.17) is 33.7 Å². The second-order valence-electron chi connectivity index (χ2n) is 5.76. The molecule has 2 aromatic carbocycles. The molecule has 2 aromatic rings. The number of carbonyl (C=O) groups is 1. The third-order valence-corrected chi connectivity index (χ3v) is 4.10. The summed E-state index contributed by atoms with van der Waals surface area (Å²) in [4.78, 5) is 10.7. The summed E-state index contributed by atoms with van der Waals surface area (Å²) in [6.45, 7) is 0.126. The Kier molecular flexibility index (Phi) is 6.73. The fourth-order valence-corrected chi connectivity index (χ4v) is 2.98. The topological polar surface area (TPSA) is 73.2 Å². The number of hydrogen-bond acceptors (Lipinski definition) is 3. The van der Waals surface area contributed by atoms with Crippen LogP contribution in [0.25, 0.3) is 0 Å². The van der Waals surface area contributed by atoms with Crippen molar-refractivity contribution in [1.82, 2.24) is 0 Å². The molecular weight excluding hydrogens is 404 g/mol. The van der Waals surface area contributed by atoms with Crippen LogP contribution in [0.5, 0.6) is 0 Å². The van der Waals surface area contributed by atoms with Crippen LogP contribution in [-0.4, -0.2) is 16.8 Å². The van der Waals surface area contributed by atoms with Gasteiger partial charge in [-0.05, 0) is 35.9 Å². The standard InChI is InChI=1S/C18H15Cl2F3N2O2/c19-12-5-10(6-13(20)8-12)9-25-16-7-11(18(21,22)23)1-2-14(16)15(24)3-4-17(26)27/h1-2,5-8,24-25H,3-4,9H2,(H,26,27). The summed E-state index contributed by atoms with van der Waals surface area (Å²) >= 11 is 11.8. The zero-order valence-corrected chi connectivity index (χ0v) is 15.3. The molecule has 0 atom stereocenters. The number of anilines is 1. The Morgan fingerprint density at radius 1 is 1.07 bits per heavy atom. The third kappa shape index (κ3) is 6.15. The van der Waals surface area contributed by atoms with Crippen LogP contribution in [0.4, 0.5) is 18.9 Å². The Bertz CT molecular complexity index is 850. The zero-order chi connectivity index (χ0) is 20.2. The molecule has 144 valence electrons. The lowest BCUT2D eigenvalue weighted by atomic mass is 10.0. The number of nitrogens with one attached hydrogen (secondary N) is 2. The first-order valence-electron chi connectivity index (χ1n) is 7.76. The lowest BCUT2D eigenvalue weighted by Crippen LogP contribution is -2.12. The molecular formula is C18H15Cl2F3N2O2. The summed E-state index contributed by atoms with van der Waals surface area (Å²) in [5, 5.41) is 20.4. The molecule has 9 heteroatoms. The first kappa shape index (κ1) is 21.1. The van der Waals surface area contributed by atoms with E-state index in [1.165, 1.54) is 12.1 Å². The Labute approximate surface area is 163 Å². The number of rotatable bonds is 7. The molecule has 0 aliphatic carbocycles. The van der Waals surface area contributed by atoms with E-state index in [0.717, 1.165) is 12.1 Å². The van der Waals surface area contributed by atoms with Crippen LogP contribution >= 0.6 is 23.2 Å². The predicted molar refractivity (Wildman–Crippen MR) is 98.9 cm³/mol. The fraction of sp³-hybridized carbons (Fsp3) is 0.222. The minimum Gasteiger partial charge on any atom is -0.481 e. The molecule has 0 aliphatic rings. The van der Waals surface area contributed by atoms with Gasteiger partial charge in [0, 0.05) is 40.0 Å². The lowest BCUT2D eigenvalue weighted by molar-refractivity contribution is -0.138. The summed E-state index contributed by atoms with van der Waals surface area (Å²) in [7, 11) is 0. The summed E-state index contributed by atoms with van der Waals surface area (Å²) in [6, 6.07) is 7.69. The molecule has 0 saturated carbocycles. The smallest absolute Gasteiger partial charge is 0.416 e. The van der Waals surface area contributed by atoms with Crippen molar-refractivity contribution < 1.29 is 23.1 Å². The van der Waals surface area contributed by atoms with E-state index in [2.05, 4.69) is 5.32 Å². The van der Waals surface area contributed by atoms with Crippen molar-refractivity contribution in [1.29, 1.82) is 5.41 Å². The predicted octanol–water partition coefficient (Wildman–Crippen LogP) is 5.86. The quantitative estimate of drug-likeness (QED) is 0.493. The van der Waals surface area contributed by atoms with Crippen molar-refractivity contribution in [2.24, 2.45) is 0 Å². The molecule has 0 radical (unpaired) electrons. The molecule has 0 saturated heterocycles. The molecule has 0 spiro atoms. The first-order valence-corrected chi connectivity index (χ1v) is 8.51. The van der Waals surface area contributed by atoms with Gasteiger partial charge in [-0.3, -0.25) is 4.79 Å². The third-order valence-electron chi connectivity index (χ3n) is 3.67. The van der Waals surface area contributed by atoms with E-state index in [1.54, 1.807) is 12.1 Å². The number of alkyl halides is 3. The Balaban J connectivity index is 2.31. The van der Waals surface area contributed by atoms with Gasteiger partial charge in [-0.2, -0.15) is 13.2 Å². The molecule has 0 aliphatic heterocycles. The van der Waals surface area contributed by atoms with E-state index in [0.29, 0.717) is 15.6 Å². The van der Waals surface area contributed by atoms with E-state index >= 15 is 0 Å². The maximum Gasteiger partial charge on any atom is 0.416 e. The van der Waals surface area contributed by atoms with Gasteiger partial charge in [-0.25, -0.2) is 0 Å². The number of hydrogen-bond donors (Lipinski definition) is 3. The highest BCUT2D eigenvalue weighted by Crippen LogP contribution is 2.33. The Morgan fingerprint density at radius 3 is 2.26 bits per heavy atom. The maximum atomic E-state index is 13.0. The van der Waals surface area contributed by atoms with Crippen molar-refractivity contribution in [2.45, 2.75) is 25.6 Å². The molecule has 3 N–H and O–H groups in total. The van der Waals surface area contributed by atoms with Crippen molar-refractivity contribution >= 4 is 40.6 Å². The Morgan fingerprint density at radius 2 is 1.70 bits per heavy atom. The number of carboxylic acid groups (broad SMARTS) is 1. The summed E-state index contributed by atoms with van der Waals surface area (Å²) in [5.41, 5.74) is -0.0109. The zero-order valence-electron chi connectivity index (χ0n) is 13.8. The molecule has 0 aromatic heterocycles. The molecule has 0 bridgehead atoms. The van der Waals surface area contributed by atoms with Crippen LogP contribution in [0.1, 0.15) is 29.5 Å². The van der Waals surface area contributed by atoms with Crippen LogP contribution in [-0.2, 0) is 17.5 Å². The van der Waals surface area contributed by atoms with Gasteiger partial charge >= 0.3 is 12.1 Å². The average molecular weight is 419 g/mol. The van der Waals surface area contributed by atoms with Crippen LogP contribution in [0.2, 0.25) is 10.0 Å². The second-order valence-corrected chi connectivity index (χ2v) is 6.63. The Hall–Kier alpha value is -2.25. The molecule has 0 unspecified atom stereocenters. The van der Waals surface area contributed by atoms with E-state index < -0.39 is 17.7 Å². The highest BCUT2D eigenvalue weighted by molar-refractivity contribution is 6.34. The fourth-order valence-electron chi connectivity index (χ4n) is 2.41. The van der Waals surface area contributed by atoms with Crippen molar-refractivity contribution in [3.63, 3.8) is 0 Å². The summed E-state index contributed by atoms with van der Waals surface area (Å²) in [5.74, 6) is -1.09. The first-order chi connectivity index (χ1) is 12.6. The molecule has 0 amide bonds. The van der Waals surface area contributed by atoms with Gasteiger partial charge in [-0.15, -0.1) is 0 Å². The minimum absolute atomic E-state index is 0.0715. The largest absolute Gasteiger partial charge is 0.481 e. The molecule has 2 rings (SSSR count). The molecule has 0 fully saturated rings. The van der Waals surface area contributed by atoms with Crippen LogP contribution in [0.15, 0.2) is 36.4 Å². The van der Waals surface area contributed by atoms with Crippen LogP contribution in [0.3, 0.4) is 0 Å². The maximum absolute atomic E-state index is 13.0. The van der Waals surface area contributed by atoms with Crippen molar-refractivity contribution in [2.75, 3.05) is 5.32 Å². The van der Waals surface area contributed by atoms with Crippen molar-refractivity contribution in [3.05, 3.63) is 63.1 Å². The summed E-state index contributed by atoms with van der Waals surface area (Å²) in [6.07, 6.45) is -4.93. The molecule has 0 heterocycles. The van der Waals surface area contributed by atoms with Crippen LogP contribution < -0.4 is 5.32 Å². The average Bonchev–Trinajstić information content (AvgIpc) is 2.56. The second kappa shape index (κ2) is 8.63. The van der Waals surface area contributed by atoms with E-state index in [9.17, 15) is 18.0 Å². The molecule has 27 heavy (non-hydrogen) atoms.